The van der Waals surface area contributed by atoms with E-state index in [9.17, 15) is 14.9 Å². The molecule has 8 nitrogen and oxygen atoms in total. The number of nitriles is 1. The summed E-state index contributed by atoms with van der Waals surface area (Å²) in [6.45, 7) is 5.12. The lowest BCUT2D eigenvalue weighted by atomic mass is 10.1. The fourth-order valence-corrected chi connectivity index (χ4v) is 4.01. The largest absolute Gasteiger partial charge is 0.497 e. The highest BCUT2D eigenvalue weighted by Crippen LogP contribution is 2.25. The molecule has 1 aliphatic rings. The zero-order chi connectivity index (χ0) is 24.2. The molecule has 1 aromatic heterocycles. The number of aryl methyl sites for hydroxylation is 1. The molecular weight excluding hydrogens is 430 g/mol. The number of benzene rings is 2. The van der Waals surface area contributed by atoms with Gasteiger partial charge in [0.1, 0.15) is 17.4 Å². The number of aromatic nitrogens is 1. The Labute approximate surface area is 198 Å². The number of urea groups is 1. The average Bonchev–Trinajstić information content (AvgIpc) is 3.39. The molecule has 0 atom stereocenters. The number of anilines is 2. The third-order valence-corrected chi connectivity index (χ3v) is 5.76. The van der Waals surface area contributed by atoms with Crippen molar-refractivity contribution in [1.82, 2.24) is 9.88 Å². The topological polar surface area (TPSA) is 99.4 Å². The van der Waals surface area contributed by atoms with Crippen molar-refractivity contribution in [2.24, 2.45) is 0 Å². The van der Waals surface area contributed by atoms with Gasteiger partial charge < -0.3 is 19.9 Å². The van der Waals surface area contributed by atoms with Crippen LogP contribution in [0.3, 0.4) is 0 Å². The van der Waals surface area contributed by atoms with Crippen molar-refractivity contribution in [2.75, 3.05) is 30.4 Å². The van der Waals surface area contributed by atoms with E-state index in [0.717, 1.165) is 34.1 Å². The first kappa shape index (κ1) is 22.7. The maximum Gasteiger partial charge on any atom is 0.321 e. The summed E-state index contributed by atoms with van der Waals surface area (Å²) in [5, 5.41) is 15.2. The molecule has 2 heterocycles. The third-order valence-electron chi connectivity index (χ3n) is 5.76. The van der Waals surface area contributed by atoms with Gasteiger partial charge in [-0.25, -0.2) is 4.79 Å². The molecule has 0 aliphatic carbocycles. The van der Waals surface area contributed by atoms with Crippen molar-refractivity contribution in [1.29, 1.82) is 5.26 Å². The van der Waals surface area contributed by atoms with Crippen molar-refractivity contribution >= 4 is 29.4 Å². The van der Waals surface area contributed by atoms with Crippen LogP contribution in [-0.2, 0) is 4.79 Å². The van der Waals surface area contributed by atoms with Crippen LogP contribution in [0, 0.1) is 25.2 Å². The highest BCUT2D eigenvalue weighted by atomic mass is 16.5. The van der Waals surface area contributed by atoms with Crippen LogP contribution in [0.25, 0.3) is 11.8 Å². The van der Waals surface area contributed by atoms with Crippen molar-refractivity contribution in [2.45, 2.75) is 13.8 Å². The van der Waals surface area contributed by atoms with Gasteiger partial charge in [0.25, 0.3) is 5.91 Å². The van der Waals surface area contributed by atoms with Crippen molar-refractivity contribution < 1.29 is 14.3 Å². The predicted octanol–water partition coefficient (Wildman–Crippen LogP) is 4.18. The van der Waals surface area contributed by atoms with Gasteiger partial charge in [0, 0.05) is 41.5 Å². The lowest BCUT2D eigenvalue weighted by molar-refractivity contribution is -0.112. The number of nitrogens with one attached hydrogen (secondary N) is 2. The van der Waals surface area contributed by atoms with Gasteiger partial charge in [-0.05, 0) is 80.1 Å². The van der Waals surface area contributed by atoms with Crippen LogP contribution >= 0.6 is 0 Å². The number of carbonyl (C=O) groups excluding carboxylic acids is 2. The Hall–Kier alpha value is -4.51. The fraction of sp³-hybridized carbons (Fsp3) is 0.192. The number of amides is 3. The molecule has 172 valence electrons. The molecule has 1 fully saturated rings. The van der Waals surface area contributed by atoms with Gasteiger partial charge in [-0.2, -0.15) is 5.26 Å². The van der Waals surface area contributed by atoms with Crippen molar-refractivity contribution in [3.05, 3.63) is 77.1 Å². The van der Waals surface area contributed by atoms with E-state index in [1.54, 1.807) is 42.4 Å². The zero-order valence-electron chi connectivity index (χ0n) is 19.3. The van der Waals surface area contributed by atoms with E-state index in [-0.39, 0.29) is 11.6 Å². The number of hydrogen-bond acceptors (Lipinski definition) is 4. The van der Waals surface area contributed by atoms with Crippen LogP contribution in [0.15, 0.2) is 60.2 Å². The Balaban J connectivity index is 1.53. The molecule has 0 unspecified atom stereocenters. The predicted molar refractivity (Wildman–Crippen MR) is 131 cm³/mol. The second-order valence-electron chi connectivity index (χ2n) is 7.91. The average molecular weight is 456 g/mol. The molecule has 0 spiro atoms. The highest BCUT2D eigenvalue weighted by Gasteiger charge is 2.21. The summed E-state index contributed by atoms with van der Waals surface area (Å²) < 4.78 is 7.29. The molecule has 3 aromatic rings. The van der Waals surface area contributed by atoms with E-state index in [2.05, 4.69) is 15.2 Å². The van der Waals surface area contributed by atoms with Crippen LogP contribution in [-0.4, -0.2) is 36.7 Å². The first-order chi connectivity index (χ1) is 16.4. The quantitative estimate of drug-likeness (QED) is 0.430. The first-order valence-corrected chi connectivity index (χ1v) is 10.8. The first-order valence-electron chi connectivity index (χ1n) is 10.8. The number of methoxy groups -OCH3 is 1. The van der Waals surface area contributed by atoms with E-state index in [0.29, 0.717) is 18.8 Å². The van der Waals surface area contributed by atoms with Crippen LogP contribution in [0.1, 0.15) is 17.0 Å². The van der Waals surface area contributed by atoms with Crippen molar-refractivity contribution in [3.8, 4) is 17.5 Å². The molecule has 0 bridgehead atoms. The minimum atomic E-state index is -0.497. The Bertz CT molecular complexity index is 1300. The summed E-state index contributed by atoms with van der Waals surface area (Å²) in [4.78, 5) is 26.2. The summed E-state index contributed by atoms with van der Waals surface area (Å²) >= 11 is 0. The van der Waals surface area contributed by atoms with Gasteiger partial charge in [-0.15, -0.1) is 0 Å². The van der Waals surface area contributed by atoms with Gasteiger partial charge in [-0.3, -0.25) is 9.69 Å². The lowest BCUT2D eigenvalue weighted by Crippen LogP contribution is -2.27. The molecule has 3 amide bonds. The molecule has 34 heavy (non-hydrogen) atoms. The molecule has 2 aromatic carbocycles. The highest BCUT2D eigenvalue weighted by molar-refractivity contribution is 6.09. The monoisotopic (exact) mass is 455 g/mol. The minimum absolute atomic E-state index is 0.00187. The van der Waals surface area contributed by atoms with E-state index in [1.807, 2.05) is 50.2 Å². The van der Waals surface area contributed by atoms with Crippen LogP contribution in [0.4, 0.5) is 16.2 Å². The number of nitrogens with zero attached hydrogens (tertiary/aromatic N) is 3. The number of ether oxygens (including phenoxy) is 1. The minimum Gasteiger partial charge on any atom is -0.497 e. The SMILES string of the molecule is COc1ccc(-n2c(C)cc(/C=C(/C#N)C(=O)Nc3ccc(N4CCNC4=O)cc3)c2C)cc1. The number of rotatable bonds is 6. The van der Waals surface area contributed by atoms with Crippen LogP contribution < -0.4 is 20.3 Å². The second kappa shape index (κ2) is 9.55. The maximum atomic E-state index is 12.8. The summed E-state index contributed by atoms with van der Waals surface area (Å²) in [5.74, 6) is 0.273. The summed E-state index contributed by atoms with van der Waals surface area (Å²) in [6.07, 6.45) is 1.60. The normalized spacial score (nSPS) is 13.4. The molecule has 2 N–H and O–H groups in total. The molecule has 4 rings (SSSR count). The summed E-state index contributed by atoms with van der Waals surface area (Å²) in [5.41, 5.74) is 4.93. The van der Waals surface area contributed by atoms with E-state index < -0.39 is 5.91 Å². The third kappa shape index (κ3) is 4.50. The molecule has 1 aliphatic heterocycles. The summed E-state index contributed by atoms with van der Waals surface area (Å²) in [6, 6.07) is 18.5. The number of carbonyl (C=O) groups is 2. The van der Waals surface area contributed by atoms with Crippen LogP contribution in [0.5, 0.6) is 5.75 Å². The molecule has 8 heteroatoms. The molecule has 1 saturated heterocycles. The van der Waals surface area contributed by atoms with Crippen LogP contribution in [0.2, 0.25) is 0 Å². The van der Waals surface area contributed by atoms with Gasteiger partial charge in [0.2, 0.25) is 0 Å². The zero-order valence-corrected chi connectivity index (χ0v) is 19.3. The van der Waals surface area contributed by atoms with Gasteiger partial charge in [0.05, 0.1) is 7.11 Å². The van der Waals surface area contributed by atoms with Crippen molar-refractivity contribution in [3.63, 3.8) is 0 Å². The van der Waals surface area contributed by atoms with Gasteiger partial charge in [-0.1, -0.05) is 0 Å². The maximum absolute atomic E-state index is 12.8. The Kier molecular flexibility index (Phi) is 6.37. The molecule has 0 radical (unpaired) electrons. The fourth-order valence-electron chi connectivity index (χ4n) is 4.01. The number of hydrogen-bond donors (Lipinski definition) is 2. The Morgan fingerprint density at radius 2 is 1.79 bits per heavy atom. The van der Waals surface area contributed by atoms with Gasteiger partial charge in [0.15, 0.2) is 0 Å². The lowest BCUT2D eigenvalue weighted by Gasteiger charge is -2.14. The summed E-state index contributed by atoms with van der Waals surface area (Å²) in [7, 11) is 1.62. The van der Waals surface area contributed by atoms with E-state index in [4.69, 9.17) is 4.74 Å². The smallest absolute Gasteiger partial charge is 0.321 e. The molecule has 0 saturated carbocycles. The van der Waals surface area contributed by atoms with E-state index in [1.165, 1.54) is 0 Å². The standard InChI is InChI=1S/C26H25N5O3/c1-17-14-19(18(2)31(17)23-8-10-24(34-3)11-9-23)15-20(16-27)25(32)29-21-4-6-22(7-5-21)30-13-12-28-26(30)33/h4-11,14-15H,12-13H2,1-3H3,(H,28,33)(H,29,32)/b20-15-. The van der Waals surface area contributed by atoms with Gasteiger partial charge >= 0.3 is 6.03 Å². The molecular formula is C26H25N5O3. The Morgan fingerprint density at radius 1 is 1.12 bits per heavy atom. The van der Waals surface area contributed by atoms with E-state index >= 15 is 0 Å². The second-order valence-corrected chi connectivity index (χ2v) is 7.91. The Morgan fingerprint density at radius 3 is 2.38 bits per heavy atom.